The number of hydrogen-bond acceptors (Lipinski definition) is 5. The van der Waals surface area contributed by atoms with Crippen LogP contribution in [-0.2, 0) is 22.4 Å². The normalized spacial score (nSPS) is 13.4. The van der Waals surface area contributed by atoms with Gasteiger partial charge >= 0.3 is 0 Å². The van der Waals surface area contributed by atoms with Crippen LogP contribution in [0.3, 0.4) is 0 Å². The number of aryl methyl sites for hydroxylation is 2. The maximum atomic E-state index is 12.3. The van der Waals surface area contributed by atoms with Gasteiger partial charge in [0, 0.05) is 24.0 Å². The fourth-order valence-electron chi connectivity index (χ4n) is 3.33. The van der Waals surface area contributed by atoms with Gasteiger partial charge in [-0.3, -0.25) is 9.59 Å². The summed E-state index contributed by atoms with van der Waals surface area (Å²) in [7, 11) is 0. The van der Waals surface area contributed by atoms with Crippen molar-refractivity contribution in [3.05, 3.63) is 47.2 Å². The SMILES string of the molecule is CC(=O)Nc1ccc(NC(=O)CSc2nc3c(cc2C#N)CCCCCC3)cc1. The average Bonchev–Trinajstić information content (AvgIpc) is 2.68. The largest absolute Gasteiger partial charge is 0.326 e. The molecule has 2 N–H and O–H groups in total. The Balaban J connectivity index is 1.62. The summed E-state index contributed by atoms with van der Waals surface area (Å²) in [4.78, 5) is 28.1. The zero-order chi connectivity index (χ0) is 20.6. The van der Waals surface area contributed by atoms with Gasteiger partial charge in [-0.25, -0.2) is 4.98 Å². The third kappa shape index (κ3) is 6.06. The van der Waals surface area contributed by atoms with E-state index in [2.05, 4.69) is 16.7 Å². The van der Waals surface area contributed by atoms with Crippen molar-refractivity contribution in [2.75, 3.05) is 16.4 Å². The van der Waals surface area contributed by atoms with Crippen LogP contribution >= 0.6 is 11.8 Å². The molecule has 1 aromatic heterocycles. The molecule has 0 saturated carbocycles. The van der Waals surface area contributed by atoms with Crippen molar-refractivity contribution in [3.8, 4) is 6.07 Å². The molecule has 1 aliphatic rings. The Labute approximate surface area is 175 Å². The summed E-state index contributed by atoms with van der Waals surface area (Å²) in [5.74, 6) is -0.136. The number of carbonyl (C=O) groups excluding carboxylic acids is 2. The van der Waals surface area contributed by atoms with Gasteiger partial charge < -0.3 is 10.6 Å². The summed E-state index contributed by atoms with van der Waals surface area (Å²) in [6, 6.07) is 11.1. The number of anilines is 2. The molecule has 0 fully saturated rings. The number of benzene rings is 1. The van der Waals surface area contributed by atoms with Crippen LogP contribution in [-0.4, -0.2) is 22.6 Å². The molecule has 0 saturated heterocycles. The Bertz CT molecular complexity index is 935. The van der Waals surface area contributed by atoms with Crippen LogP contribution < -0.4 is 10.6 Å². The molecule has 2 amide bonds. The summed E-state index contributed by atoms with van der Waals surface area (Å²) in [5.41, 5.74) is 4.11. The highest BCUT2D eigenvalue weighted by atomic mass is 32.2. The molecule has 29 heavy (non-hydrogen) atoms. The molecular weight excluding hydrogens is 384 g/mol. The van der Waals surface area contributed by atoms with Crippen molar-refractivity contribution in [2.45, 2.75) is 50.5 Å². The van der Waals surface area contributed by atoms with E-state index in [4.69, 9.17) is 4.98 Å². The molecule has 3 rings (SSSR count). The van der Waals surface area contributed by atoms with Crippen molar-refractivity contribution < 1.29 is 9.59 Å². The van der Waals surface area contributed by atoms with Crippen molar-refractivity contribution in [1.29, 1.82) is 5.26 Å². The molecule has 2 aromatic rings. The highest BCUT2D eigenvalue weighted by Gasteiger charge is 2.15. The fraction of sp³-hybridized carbons (Fsp3) is 0.364. The van der Waals surface area contributed by atoms with E-state index in [0.29, 0.717) is 22.0 Å². The van der Waals surface area contributed by atoms with Crippen LogP contribution in [0.1, 0.15) is 49.4 Å². The van der Waals surface area contributed by atoms with Crippen LogP contribution in [0.4, 0.5) is 11.4 Å². The third-order valence-corrected chi connectivity index (χ3v) is 5.71. The van der Waals surface area contributed by atoms with Gasteiger partial charge in [-0.15, -0.1) is 0 Å². The molecular formula is C22H24N4O2S. The van der Waals surface area contributed by atoms with Crippen LogP contribution in [0, 0.1) is 11.3 Å². The Morgan fingerprint density at radius 2 is 1.72 bits per heavy atom. The number of aromatic nitrogens is 1. The van der Waals surface area contributed by atoms with Gasteiger partial charge in [0.05, 0.1) is 11.3 Å². The van der Waals surface area contributed by atoms with Gasteiger partial charge in [-0.2, -0.15) is 5.26 Å². The quantitative estimate of drug-likeness (QED) is 0.719. The molecule has 0 radical (unpaired) electrons. The zero-order valence-electron chi connectivity index (χ0n) is 16.5. The Morgan fingerprint density at radius 3 is 2.38 bits per heavy atom. The minimum Gasteiger partial charge on any atom is -0.326 e. The van der Waals surface area contributed by atoms with Gasteiger partial charge in [0.1, 0.15) is 11.1 Å². The first-order valence-electron chi connectivity index (χ1n) is 9.78. The molecule has 1 aliphatic carbocycles. The summed E-state index contributed by atoms with van der Waals surface area (Å²) in [5, 5.41) is 15.6. The second kappa shape index (κ2) is 10.1. The number of thioether (sulfide) groups is 1. The molecule has 0 bridgehead atoms. The number of nitriles is 1. The molecule has 0 spiro atoms. The smallest absolute Gasteiger partial charge is 0.234 e. The lowest BCUT2D eigenvalue weighted by Gasteiger charge is -2.15. The maximum Gasteiger partial charge on any atom is 0.234 e. The number of fused-ring (bicyclic) bond motifs is 1. The first kappa shape index (κ1) is 20.9. The van der Waals surface area contributed by atoms with Gasteiger partial charge in [-0.05, 0) is 61.6 Å². The van der Waals surface area contributed by atoms with Crippen molar-refractivity contribution in [2.24, 2.45) is 0 Å². The lowest BCUT2D eigenvalue weighted by Crippen LogP contribution is -2.14. The second-order valence-corrected chi connectivity index (χ2v) is 8.03. The molecule has 1 heterocycles. The molecule has 150 valence electrons. The summed E-state index contributed by atoms with van der Waals surface area (Å²) >= 11 is 1.29. The Kier molecular flexibility index (Phi) is 7.25. The minimum absolute atomic E-state index is 0.143. The maximum absolute atomic E-state index is 12.3. The van der Waals surface area contributed by atoms with Crippen molar-refractivity contribution in [3.63, 3.8) is 0 Å². The highest BCUT2D eigenvalue weighted by molar-refractivity contribution is 8.00. The predicted octanol–water partition coefficient (Wildman–Crippen LogP) is 4.30. The molecule has 1 aromatic carbocycles. The van der Waals surface area contributed by atoms with E-state index in [0.717, 1.165) is 31.4 Å². The first-order chi connectivity index (χ1) is 14.0. The molecule has 0 unspecified atom stereocenters. The second-order valence-electron chi connectivity index (χ2n) is 7.07. The number of pyridine rings is 1. The number of hydrogen-bond donors (Lipinski definition) is 2. The zero-order valence-corrected chi connectivity index (χ0v) is 17.3. The Morgan fingerprint density at radius 1 is 1.07 bits per heavy atom. The Hall–Kier alpha value is -2.85. The van der Waals surface area contributed by atoms with Crippen molar-refractivity contribution >= 4 is 35.0 Å². The van der Waals surface area contributed by atoms with Crippen LogP contribution in [0.5, 0.6) is 0 Å². The molecule has 7 heteroatoms. The van der Waals surface area contributed by atoms with Gasteiger partial charge in [-0.1, -0.05) is 24.6 Å². The number of rotatable bonds is 5. The molecule has 6 nitrogen and oxygen atoms in total. The van der Waals surface area contributed by atoms with E-state index < -0.39 is 0 Å². The van der Waals surface area contributed by atoms with E-state index in [1.165, 1.54) is 37.1 Å². The first-order valence-corrected chi connectivity index (χ1v) is 10.8. The van der Waals surface area contributed by atoms with Crippen LogP contribution in [0.25, 0.3) is 0 Å². The monoisotopic (exact) mass is 408 g/mol. The number of carbonyl (C=O) groups is 2. The van der Waals surface area contributed by atoms with E-state index >= 15 is 0 Å². The topological polar surface area (TPSA) is 94.9 Å². The molecule has 0 aliphatic heterocycles. The summed E-state index contributed by atoms with van der Waals surface area (Å²) < 4.78 is 0. The van der Waals surface area contributed by atoms with E-state index in [1.54, 1.807) is 24.3 Å². The lowest BCUT2D eigenvalue weighted by molar-refractivity contribution is -0.114. The number of nitrogens with zero attached hydrogens (tertiary/aromatic N) is 2. The average molecular weight is 409 g/mol. The van der Waals surface area contributed by atoms with Gasteiger partial charge in [0.15, 0.2) is 0 Å². The van der Waals surface area contributed by atoms with Crippen LogP contribution in [0.15, 0.2) is 35.4 Å². The van der Waals surface area contributed by atoms with E-state index in [9.17, 15) is 14.9 Å². The third-order valence-electron chi connectivity index (χ3n) is 4.72. The van der Waals surface area contributed by atoms with Crippen molar-refractivity contribution in [1.82, 2.24) is 4.98 Å². The standard InChI is InChI=1S/C22H24N4O2S/c1-15(27)24-18-8-10-19(11-9-18)25-21(28)14-29-22-17(13-23)12-16-6-4-2-3-5-7-20(16)26-22/h8-12H,2-7,14H2,1H3,(H,24,27)(H,25,28). The van der Waals surface area contributed by atoms with E-state index in [1.807, 2.05) is 6.07 Å². The lowest BCUT2D eigenvalue weighted by atomic mass is 9.96. The van der Waals surface area contributed by atoms with E-state index in [-0.39, 0.29) is 17.6 Å². The summed E-state index contributed by atoms with van der Waals surface area (Å²) in [6.45, 7) is 1.44. The summed E-state index contributed by atoms with van der Waals surface area (Å²) in [6.07, 6.45) is 6.59. The molecule has 0 atom stereocenters. The van der Waals surface area contributed by atoms with Gasteiger partial charge in [0.25, 0.3) is 0 Å². The predicted molar refractivity (Wildman–Crippen MR) is 115 cm³/mol. The number of amides is 2. The minimum atomic E-state index is -0.167. The van der Waals surface area contributed by atoms with Crippen LogP contribution in [0.2, 0.25) is 0 Å². The van der Waals surface area contributed by atoms with Gasteiger partial charge in [0.2, 0.25) is 11.8 Å². The fourth-order valence-corrected chi connectivity index (χ4v) is 4.10. The highest BCUT2D eigenvalue weighted by Crippen LogP contribution is 2.27. The number of nitrogens with one attached hydrogen (secondary N) is 2.